The van der Waals surface area contributed by atoms with Gasteiger partial charge in [-0.15, -0.1) is 0 Å². The van der Waals surface area contributed by atoms with Crippen molar-refractivity contribution in [1.82, 2.24) is 0 Å². The lowest BCUT2D eigenvalue weighted by Gasteiger charge is -2.30. The first-order valence-electron chi connectivity index (χ1n) is 8.97. The van der Waals surface area contributed by atoms with Gasteiger partial charge in [0.2, 0.25) is 0 Å². The van der Waals surface area contributed by atoms with Crippen molar-refractivity contribution >= 4 is 11.8 Å². The van der Waals surface area contributed by atoms with Gasteiger partial charge in [-0.3, -0.25) is 0 Å². The van der Waals surface area contributed by atoms with Crippen molar-refractivity contribution in [3.63, 3.8) is 0 Å². The van der Waals surface area contributed by atoms with Gasteiger partial charge in [-0.2, -0.15) is 0 Å². The molecule has 0 radical (unpaired) electrons. The molecular weight excluding hydrogens is 312 g/mol. The second kappa shape index (κ2) is 8.32. The summed E-state index contributed by atoms with van der Waals surface area (Å²) >= 11 is 0. The van der Waals surface area contributed by atoms with E-state index in [0.29, 0.717) is 13.0 Å². The monoisotopic (exact) mass is 338 g/mol. The normalized spacial score (nSPS) is 17.6. The summed E-state index contributed by atoms with van der Waals surface area (Å²) in [6.07, 6.45) is 2.51. The van der Waals surface area contributed by atoms with Gasteiger partial charge in [0.05, 0.1) is 6.10 Å². The fraction of sp³-hybridized carbons (Fsp3) is 0.364. The van der Waals surface area contributed by atoms with Crippen LogP contribution in [0.15, 0.2) is 54.6 Å². The van der Waals surface area contributed by atoms with Crippen molar-refractivity contribution in [2.45, 2.75) is 45.7 Å². The fourth-order valence-electron chi connectivity index (χ4n) is 3.08. The van der Waals surface area contributed by atoms with E-state index in [4.69, 9.17) is 14.2 Å². The predicted molar refractivity (Wildman–Crippen MR) is 101 cm³/mol. The van der Waals surface area contributed by atoms with Crippen LogP contribution in [0.4, 0.5) is 0 Å². The molecular formula is C22H26O3. The Bertz CT molecular complexity index is 706. The van der Waals surface area contributed by atoms with E-state index in [1.165, 1.54) is 11.1 Å². The van der Waals surface area contributed by atoms with Crippen molar-refractivity contribution in [2.24, 2.45) is 0 Å². The van der Waals surface area contributed by atoms with E-state index in [2.05, 4.69) is 42.5 Å². The minimum absolute atomic E-state index is 0.0910. The lowest BCUT2D eigenvalue weighted by atomic mass is 9.95. The molecule has 0 N–H and O–H groups in total. The summed E-state index contributed by atoms with van der Waals surface area (Å²) in [4.78, 5) is 0. The highest BCUT2D eigenvalue weighted by atomic mass is 16.7. The Morgan fingerprint density at radius 2 is 1.72 bits per heavy atom. The van der Waals surface area contributed by atoms with Gasteiger partial charge in [0, 0.05) is 18.6 Å². The summed E-state index contributed by atoms with van der Waals surface area (Å²) < 4.78 is 18.1. The van der Waals surface area contributed by atoms with Gasteiger partial charge in [0.25, 0.3) is 0 Å². The Kier molecular flexibility index (Phi) is 5.90. The molecule has 0 aromatic heterocycles. The van der Waals surface area contributed by atoms with E-state index in [9.17, 15) is 0 Å². The molecule has 2 unspecified atom stereocenters. The molecule has 1 heterocycles. The summed E-state index contributed by atoms with van der Waals surface area (Å²) in [6.45, 7) is 6.66. The SMILES string of the molecule is CCOC(CC1OC(c2ccccc2)=Cc2ccccc21)OC(C)C. The van der Waals surface area contributed by atoms with Crippen LogP contribution in [0, 0.1) is 0 Å². The zero-order valence-electron chi connectivity index (χ0n) is 15.1. The second-order valence-electron chi connectivity index (χ2n) is 6.42. The van der Waals surface area contributed by atoms with Crippen molar-refractivity contribution in [1.29, 1.82) is 0 Å². The topological polar surface area (TPSA) is 27.7 Å². The zero-order valence-corrected chi connectivity index (χ0v) is 15.1. The van der Waals surface area contributed by atoms with E-state index in [1.54, 1.807) is 0 Å². The first kappa shape index (κ1) is 17.7. The van der Waals surface area contributed by atoms with Gasteiger partial charge in [0.1, 0.15) is 11.9 Å². The van der Waals surface area contributed by atoms with Gasteiger partial charge in [-0.05, 0) is 38.0 Å². The molecule has 1 aliphatic heterocycles. The van der Waals surface area contributed by atoms with E-state index >= 15 is 0 Å². The molecule has 2 aromatic rings. The highest BCUT2D eigenvalue weighted by molar-refractivity contribution is 5.80. The Morgan fingerprint density at radius 1 is 1.00 bits per heavy atom. The molecule has 0 bridgehead atoms. The molecule has 0 amide bonds. The Morgan fingerprint density at radius 3 is 2.44 bits per heavy atom. The minimum Gasteiger partial charge on any atom is -0.485 e. The third kappa shape index (κ3) is 4.50. The van der Waals surface area contributed by atoms with Crippen LogP contribution in [0.25, 0.3) is 11.8 Å². The van der Waals surface area contributed by atoms with Crippen LogP contribution < -0.4 is 0 Å². The van der Waals surface area contributed by atoms with Crippen LogP contribution in [-0.2, 0) is 14.2 Å². The first-order valence-corrected chi connectivity index (χ1v) is 8.97. The maximum Gasteiger partial charge on any atom is 0.161 e. The molecule has 3 rings (SSSR count). The average Bonchev–Trinajstić information content (AvgIpc) is 2.62. The molecule has 25 heavy (non-hydrogen) atoms. The molecule has 0 aliphatic carbocycles. The van der Waals surface area contributed by atoms with Crippen LogP contribution in [0.5, 0.6) is 0 Å². The lowest BCUT2D eigenvalue weighted by molar-refractivity contribution is -0.174. The molecule has 3 heteroatoms. The molecule has 0 fully saturated rings. The minimum atomic E-state index is -0.279. The number of benzene rings is 2. The maximum absolute atomic E-state index is 6.36. The first-order chi connectivity index (χ1) is 12.2. The van der Waals surface area contributed by atoms with Crippen LogP contribution in [-0.4, -0.2) is 19.0 Å². The van der Waals surface area contributed by atoms with E-state index in [0.717, 1.165) is 11.3 Å². The van der Waals surface area contributed by atoms with Crippen molar-refractivity contribution in [3.8, 4) is 0 Å². The quantitative estimate of drug-likeness (QED) is 0.630. The zero-order chi connectivity index (χ0) is 17.6. The maximum atomic E-state index is 6.36. The molecule has 1 aliphatic rings. The number of hydrogen-bond acceptors (Lipinski definition) is 3. The second-order valence-corrected chi connectivity index (χ2v) is 6.42. The van der Waals surface area contributed by atoms with E-state index in [-0.39, 0.29) is 18.5 Å². The van der Waals surface area contributed by atoms with Crippen molar-refractivity contribution < 1.29 is 14.2 Å². The Hall–Kier alpha value is -2.10. The average molecular weight is 338 g/mol. The van der Waals surface area contributed by atoms with Gasteiger partial charge in [-0.25, -0.2) is 0 Å². The number of rotatable bonds is 7. The molecule has 132 valence electrons. The number of hydrogen-bond donors (Lipinski definition) is 0. The van der Waals surface area contributed by atoms with Crippen LogP contribution in [0.1, 0.15) is 50.0 Å². The highest BCUT2D eigenvalue weighted by Gasteiger charge is 2.27. The van der Waals surface area contributed by atoms with Gasteiger partial charge >= 0.3 is 0 Å². The Balaban J connectivity index is 1.87. The van der Waals surface area contributed by atoms with Gasteiger partial charge < -0.3 is 14.2 Å². The summed E-state index contributed by atoms with van der Waals surface area (Å²) in [6, 6.07) is 18.6. The van der Waals surface area contributed by atoms with Crippen LogP contribution in [0.2, 0.25) is 0 Å². The third-order valence-electron chi connectivity index (χ3n) is 4.14. The molecule has 0 spiro atoms. The molecule has 2 atom stereocenters. The fourth-order valence-corrected chi connectivity index (χ4v) is 3.08. The van der Waals surface area contributed by atoms with E-state index in [1.807, 2.05) is 39.0 Å². The molecule has 2 aromatic carbocycles. The lowest BCUT2D eigenvalue weighted by Crippen LogP contribution is -2.25. The van der Waals surface area contributed by atoms with Crippen molar-refractivity contribution in [2.75, 3.05) is 6.61 Å². The molecule has 0 saturated heterocycles. The van der Waals surface area contributed by atoms with Crippen LogP contribution in [0.3, 0.4) is 0 Å². The van der Waals surface area contributed by atoms with E-state index < -0.39 is 0 Å². The summed E-state index contributed by atoms with van der Waals surface area (Å²) in [7, 11) is 0. The largest absolute Gasteiger partial charge is 0.485 e. The predicted octanol–water partition coefficient (Wildman–Crippen LogP) is 5.43. The summed E-state index contributed by atoms with van der Waals surface area (Å²) in [5.74, 6) is 0.893. The Labute approximate surface area is 150 Å². The summed E-state index contributed by atoms with van der Waals surface area (Å²) in [5, 5.41) is 0. The van der Waals surface area contributed by atoms with Crippen molar-refractivity contribution in [3.05, 3.63) is 71.3 Å². The standard InChI is InChI=1S/C22H26O3/c1-4-23-22(24-16(2)3)15-21-19-13-9-8-12-18(19)14-20(25-21)17-10-6-5-7-11-17/h5-14,16,21-22H,4,15H2,1-3H3. The highest BCUT2D eigenvalue weighted by Crippen LogP contribution is 2.38. The number of fused-ring (bicyclic) bond motifs is 1. The smallest absolute Gasteiger partial charge is 0.161 e. The number of ether oxygens (including phenoxy) is 3. The van der Waals surface area contributed by atoms with Gasteiger partial charge in [0.15, 0.2) is 6.29 Å². The van der Waals surface area contributed by atoms with Crippen LogP contribution >= 0.6 is 0 Å². The summed E-state index contributed by atoms with van der Waals surface area (Å²) in [5.41, 5.74) is 3.45. The van der Waals surface area contributed by atoms with Gasteiger partial charge in [-0.1, -0.05) is 54.6 Å². The third-order valence-corrected chi connectivity index (χ3v) is 4.14. The molecule has 0 saturated carbocycles. The molecule has 3 nitrogen and oxygen atoms in total.